The molecule has 4 nitrogen and oxygen atoms in total. The van der Waals surface area contributed by atoms with E-state index in [-0.39, 0.29) is 11.7 Å². The Morgan fingerprint density at radius 1 is 1.35 bits per heavy atom. The van der Waals surface area contributed by atoms with Gasteiger partial charge in [0, 0.05) is 17.1 Å². The van der Waals surface area contributed by atoms with Gasteiger partial charge in [-0.2, -0.15) is 0 Å². The zero-order valence-electron chi connectivity index (χ0n) is 10.9. The van der Waals surface area contributed by atoms with Crippen LogP contribution >= 0.6 is 23.1 Å². The Labute approximate surface area is 124 Å². The second kappa shape index (κ2) is 7.35. The summed E-state index contributed by atoms with van der Waals surface area (Å²) < 4.78 is 12.7. The fourth-order valence-corrected chi connectivity index (χ4v) is 2.97. The van der Waals surface area contributed by atoms with Crippen molar-refractivity contribution in [3.05, 3.63) is 35.1 Å². The Hall–Kier alpha value is -1.47. The van der Waals surface area contributed by atoms with Crippen LogP contribution in [0.3, 0.4) is 0 Å². The fourth-order valence-electron chi connectivity index (χ4n) is 1.42. The third-order valence-corrected chi connectivity index (χ3v) is 4.42. The second-order valence-corrected chi connectivity index (χ2v) is 6.19. The van der Waals surface area contributed by atoms with E-state index < -0.39 is 0 Å². The summed E-state index contributed by atoms with van der Waals surface area (Å²) in [4.78, 5) is 12.7. The molecule has 0 saturated carbocycles. The SMILES string of the molecule is CCc1nnc(NC(=O)CCSc2ccc(F)cc2)s1. The van der Waals surface area contributed by atoms with Gasteiger partial charge in [-0.15, -0.1) is 22.0 Å². The number of aryl methyl sites for hydroxylation is 1. The number of halogens is 1. The van der Waals surface area contributed by atoms with Gasteiger partial charge < -0.3 is 5.32 Å². The molecular weight excluding hydrogens is 297 g/mol. The average molecular weight is 311 g/mol. The molecule has 20 heavy (non-hydrogen) atoms. The van der Waals surface area contributed by atoms with Gasteiger partial charge in [0.2, 0.25) is 11.0 Å². The molecule has 0 fully saturated rings. The number of carbonyl (C=O) groups is 1. The number of anilines is 1. The lowest BCUT2D eigenvalue weighted by Gasteiger charge is -2.02. The number of benzene rings is 1. The molecule has 0 spiro atoms. The standard InChI is InChI=1S/C13H14FN3OS2/c1-2-12-16-17-13(20-12)15-11(18)7-8-19-10-5-3-9(14)4-6-10/h3-6H,2,7-8H2,1H3,(H,15,17,18). The molecular formula is C13H14FN3OS2. The Balaban J connectivity index is 1.73. The van der Waals surface area contributed by atoms with Crippen LogP contribution in [0.25, 0.3) is 0 Å². The van der Waals surface area contributed by atoms with Crippen LogP contribution < -0.4 is 5.32 Å². The first kappa shape index (κ1) is 14.9. The number of nitrogens with one attached hydrogen (secondary N) is 1. The van der Waals surface area contributed by atoms with Crippen LogP contribution in [0.5, 0.6) is 0 Å². The molecule has 0 radical (unpaired) electrons. The molecule has 1 heterocycles. The minimum atomic E-state index is -0.255. The molecule has 0 aliphatic heterocycles. The van der Waals surface area contributed by atoms with E-state index in [4.69, 9.17) is 0 Å². The van der Waals surface area contributed by atoms with Gasteiger partial charge in [0.05, 0.1) is 0 Å². The third-order valence-electron chi connectivity index (χ3n) is 2.43. The lowest BCUT2D eigenvalue weighted by Crippen LogP contribution is -2.11. The summed E-state index contributed by atoms with van der Waals surface area (Å²) in [5, 5.41) is 12.0. The number of rotatable bonds is 6. The highest BCUT2D eigenvalue weighted by molar-refractivity contribution is 7.99. The predicted molar refractivity (Wildman–Crippen MR) is 79.7 cm³/mol. The van der Waals surface area contributed by atoms with E-state index >= 15 is 0 Å². The zero-order valence-corrected chi connectivity index (χ0v) is 12.6. The van der Waals surface area contributed by atoms with Crippen LogP contribution in [0.2, 0.25) is 0 Å². The molecule has 0 unspecified atom stereocenters. The van der Waals surface area contributed by atoms with Crippen molar-refractivity contribution in [2.45, 2.75) is 24.7 Å². The number of hydrogen-bond acceptors (Lipinski definition) is 5. The predicted octanol–water partition coefficient (Wildman–Crippen LogP) is 3.36. The fraction of sp³-hybridized carbons (Fsp3) is 0.308. The minimum Gasteiger partial charge on any atom is -0.301 e. The highest BCUT2D eigenvalue weighted by Crippen LogP contribution is 2.20. The second-order valence-electron chi connectivity index (χ2n) is 3.96. The van der Waals surface area contributed by atoms with Crippen molar-refractivity contribution in [1.29, 1.82) is 0 Å². The number of amides is 1. The minimum absolute atomic E-state index is 0.0848. The molecule has 1 aromatic carbocycles. The molecule has 0 atom stereocenters. The van der Waals surface area contributed by atoms with E-state index in [0.717, 1.165) is 16.3 Å². The highest BCUT2D eigenvalue weighted by atomic mass is 32.2. The van der Waals surface area contributed by atoms with E-state index in [1.165, 1.54) is 35.2 Å². The van der Waals surface area contributed by atoms with E-state index in [1.807, 2.05) is 6.92 Å². The topological polar surface area (TPSA) is 54.9 Å². The van der Waals surface area contributed by atoms with Crippen molar-refractivity contribution < 1.29 is 9.18 Å². The molecule has 0 aliphatic rings. The lowest BCUT2D eigenvalue weighted by atomic mass is 10.4. The number of nitrogens with zero attached hydrogens (tertiary/aromatic N) is 2. The maximum absolute atomic E-state index is 12.7. The largest absolute Gasteiger partial charge is 0.301 e. The Morgan fingerprint density at radius 3 is 2.75 bits per heavy atom. The van der Waals surface area contributed by atoms with Crippen LogP contribution in [0.15, 0.2) is 29.2 Å². The quantitative estimate of drug-likeness (QED) is 0.831. The maximum Gasteiger partial charge on any atom is 0.227 e. The first-order valence-electron chi connectivity index (χ1n) is 6.18. The molecule has 7 heteroatoms. The van der Waals surface area contributed by atoms with Gasteiger partial charge in [0.1, 0.15) is 10.8 Å². The average Bonchev–Trinajstić information content (AvgIpc) is 2.88. The third kappa shape index (κ3) is 4.57. The smallest absolute Gasteiger partial charge is 0.227 e. The molecule has 0 saturated heterocycles. The summed E-state index contributed by atoms with van der Waals surface area (Å²) >= 11 is 2.91. The first-order chi connectivity index (χ1) is 9.67. The molecule has 2 aromatic rings. The number of thioether (sulfide) groups is 1. The van der Waals surface area contributed by atoms with E-state index in [2.05, 4.69) is 15.5 Å². The van der Waals surface area contributed by atoms with E-state index in [0.29, 0.717) is 17.3 Å². The summed E-state index contributed by atoms with van der Waals surface area (Å²) in [7, 11) is 0. The van der Waals surface area contributed by atoms with Gasteiger partial charge in [-0.25, -0.2) is 4.39 Å². The van der Waals surface area contributed by atoms with Gasteiger partial charge in [-0.3, -0.25) is 4.79 Å². The molecule has 1 aromatic heterocycles. The summed E-state index contributed by atoms with van der Waals surface area (Å²) in [6, 6.07) is 6.23. The van der Waals surface area contributed by atoms with Crippen molar-refractivity contribution in [2.24, 2.45) is 0 Å². The van der Waals surface area contributed by atoms with Gasteiger partial charge in [-0.05, 0) is 30.7 Å². The van der Waals surface area contributed by atoms with Crippen LogP contribution in [0.4, 0.5) is 9.52 Å². The van der Waals surface area contributed by atoms with Crippen molar-refractivity contribution >= 4 is 34.1 Å². The number of carbonyl (C=O) groups excluding carboxylic acids is 1. The van der Waals surface area contributed by atoms with Crippen molar-refractivity contribution in [1.82, 2.24) is 10.2 Å². The van der Waals surface area contributed by atoms with Crippen LogP contribution in [-0.2, 0) is 11.2 Å². The van der Waals surface area contributed by atoms with Crippen molar-refractivity contribution in [2.75, 3.05) is 11.1 Å². The van der Waals surface area contributed by atoms with Crippen LogP contribution in [0, 0.1) is 5.82 Å². The van der Waals surface area contributed by atoms with E-state index in [9.17, 15) is 9.18 Å². The summed E-state index contributed by atoms with van der Waals surface area (Å²) in [5.41, 5.74) is 0. The number of aromatic nitrogens is 2. The molecule has 1 N–H and O–H groups in total. The van der Waals surface area contributed by atoms with Gasteiger partial charge in [0.15, 0.2) is 0 Å². The molecule has 0 aliphatic carbocycles. The Kier molecular flexibility index (Phi) is 5.49. The maximum atomic E-state index is 12.7. The molecule has 106 valence electrons. The highest BCUT2D eigenvalue weighted by Gasteiger charge is 2.07. The van der Waals surface area contributed by atoms with Crippen molar-refractivity contribution in [3.63, 3.8) is 0 Å². The summed E-state index contributed by atoms with van der Waals surface area (Å²) in [6.07, 6.45) is 1.19. The van der Waals surface area contributed by atoms with Crippen LogP contribution in [-0.4, -0.2) is 21.9 Å². The summed E-state index contributed by atoms with van der Waals surface area (Å²) in [5.74, 6) is 0.296. The van der Waals surface area contributed by atoms with Gasteiger partial charge in [0.25, 0.3) is 0 Å². The normalized spacial score (nSPS) is 10.5. The van der Waals surface area contributed by atoms with Crippen molar-refractivity contribution in [3.8, 4) is 0 Å². The summed E-state index contributed by atoms with van der Waals surface area (Å²) in [6.45, 7) is 1.99. The van der Waals surface area contributed by atoms with Crippen LogP contribution in [0.1, 0.15) is 18.4 Å². The van der Waals surface area contributed by atoms with E-state index in [1.54, 1.807) is 12.1 Å². The Bertz CT molecular complexity index is 571. The molecule has 0 bridgehead atoms. The molecule has 1 amide bonds. The van der Waals surface area contributed by atoms with Gasteiger partial charge in [-0.1, -0.05) is 18.3 Å². The lowest BCUT2D eigenvalue weighted by molar-refractivity contribution is -0.115. The first-order valence-corrected chi connectivity index (χ1v) is 7.98. The van der Waals surface area contributed by atoms with Gasteiger partial charge >= 0.3 is 0 Å². The monoisotopic (exact) mass is 311 g/mol. The molecule has 2 rings (SSSR count). The number of hydrogen-bond donors (Lipinski definition) is 1. The Morgan fingerprint density at radius 2 is 2.10 bits per heavy atom. The zero-order chi connectivity index (χ0) is 14.4.